The molecule has 0 saturated heterocycles. The van der Waals surface area contributed by atoms with Gasteiger partial charge in [0.25, 0.3) is 0 Å². The smallest absolute Gasteiger partial charge is 0.152 e. The largest absolute Gasteiger partial charge is 0.308 e. The van der Waals surface area contributed by atoms with Crippen molar-refractivity contribution in [3.05, 3.63) is 21.9 Å². The first-order valence-electron chi connectivity index (χ1n) is 3.28. The number of amidine groups is 1. The highest BCUT2D eigenvalue weighted by atomic mass is 32.1. The fraction of sp³-hybridized carbons (Fsp3) is 0.286. The van der Waals surface area contributed by atoms with Gasteiger partial charge in [0, 0.05) is 11.9 Å². The quantitative estimate of drug-likeness (QED) is 0.284. The van der Waals surface area contributed by atoms with Crippen LogP contribution < -0.4 is 11.3 Å². The average Bonchev–Trinajstić information content (AvgIpc) is 2.39. The number of rotatable bonds is 1. The number of hydrazine groups is 1. The molecule has 1 heterocycles. The van der Waals surface area contributed by atoms with Gasteiger partial charge in [0.2, 0.25) is 0 Å². The van der Waals surface area contributed by atoms with Gasteiger partial charge < -0.3 is 5.43 Å². The lowest BCUT2D eigenvalue weighted by molar-refractivity contribution is 1.02. The maximum atomic E-state index is 5.25. The van der Waals surface area contributed by atoms with Crippen molar-refractivity contribution in [1.82, 2.24) is 5.43 Å². The summed E-state index contributed by atoms with van der Waals surface area (Å²) in [4.78, 5) is 6.32. The molecule has 0 unspecified atom stereocenters. The number of aryl methyl sites for hydroxylation is 1. The number of hydrogen-bond donors (Lipinski definition) is 2. The molecule has 4 heteroatoms. The average molecular weight is 169 g/mol. The zero-order valence-corrected chi connectivity index (χ0v) is 7.40. The van der Waals surface area contributed by atoms with Gasteiger partial charge in [-0.25, -0.2) is 5.84 Å². The molecule has 0 aliphatic rings. The van der Waals surface area contributed by atoms with Crippen LogP contribution in [0.5, 0.6) is 0 Å². The van der Waals surface area contributed by atoms with Crippen molar-refractivity contribution in [2.75, 3.05) is 7.05 Å². The zero-order chi connectivity index (χ0) is 8.27. The Hall–Kier alpha value is -0.870. The summed E-state index contributed by atoms with van der Waals surface area (Å²) in [7, 11) is 1.71. The summed E-state index contributed by atoms with van der Waals surface area (Å²) in [6, 6.07) is 4.05. The lowest BCUT2D eigenvalue weighted by Gasteiger charge is -1.98. The molecule has 0 atom stereocenters. The molecule has 1 rings (SSSR count). The van der Waals surface area contributed by atoms with Gasteiger partial charge in [0.1, 0.15) is 0 Å². The summed E-state index contributed by atoms with van der Waals surface area (Å²) < 4.78 is 0. The van der Waals surface area contributed by atoms with E-state index in [-0.39, 0.29) is 0 Å². The first-order valence-corrected chi connectivity index (χ1v) is 4.09. The normalized spacial score (nSPS) is 11.7. The van der Waals surface area contributed by atoms with Crippen LogP contribution >= 0.6 is 11.3 Å². The highest BCUT2D eigenvalue weighted by molar-refractivity contribution is 7.14. The molecule has 0 saturated carbocycles. The predicted octanol–water partition coefficient (Wildman–Crippen LogP) is 0.896. The summed E-state index contributed by atoms with van der Waals surface area (Å²) in [5, 5.41) is 0. The van der Waals surface area contributed by atoms with Crippen molar-refractivity contribution in [1.29, 1.82) is 0 Å². The van der Waals surface area contributed by atoms with Crippen molar-refractivity contribution < 1.29 is 0 Å². The minimum atomic E-state index is 0.739. The Balaban J connectivity index is 2.91. The van der Waals surface area contributed by atoms with Gasteiger partial charge in [0.05, 0.1) is 4.88 Å². The van der Waals surface area contributed by atoms with Crippen LogP contribution in [0.15, 0.2) is 17.1 Å². The van der Waals surface area contributed by atoms with Crippen LogP contribution in [0, 0.1) is 6.92 Å². The SMILES string of the molecule is CN=C(NN)c1ccc(C)s1. The van der Waals surface area contributed by atoms with E-state index in [0.717, 1.165) is 10.7 Å². The van der Waals surface area contributed by atoms with Gasteiger partial charge in [-0.2, -0.15) is 0 Å². The third-order valence-electron chi connectivity index (χ3n) is 1.33. The van der Waals surface area contributed by atoms with E-state index in [1.165, 1.54) is 4.88 Å². The molecule has 0 spiro atoms. The Morgan fingerprint density at radius 1 is 1.64 bits per heavy atom. The van der Waals surface area contributed by atoms with Gasteiger partial charge in [0.15, 0.2) is 5.84 Å². The van der Waals surface area contributed by atoms with Crippen LogP contribution in [0.4, 0.5) is 0 Å². The number of hydrogen-bond acceptors (Lipinski definition) is 3. The van der Waals surface area contributed by atoms with E-state index in [2.05, 4.69) is 17.3 Å². The standard InChI is InChI=1S/C7H11N3S/c1-5-3-4-6(11-5)7(9-2)10-8/h3-4H,8H2,1-2H3,(H,9,10). The first kappa shape index (κ1) is 8.23. The van der Waals surface area contributed by atoms with Crippen LogP contribution in [-0.4, -0.2) is 12.9 Å². The Kier molecular flexibility index (Phi) is 2.62. The molecule has 0 fully saturated rings. The molecule has 3 nitrogen and oxygen atoms in total. The van der Waals surface area contributed by atoms with Crippen molar-refractivity contribution >= 4 is 17.2 Å². The number of thiophene rings is 1. The monoisotopic (exact) mass is 169 g/mol. The predicted molar refractivity (Wildman–Crippen MR) is 48.8 cm³/mol. The Morgan fingerprint density at radius 3 is 2.73 bits per heavy atom. The third-order valence-corrected chi connectivity index (χ3v) is 2.34. The van der Waals surface area contributed by atoms with E-state index in [1.807, 2.05) is 12.1 Å². The van der Waals surface area contributed by atoms with Gasteiger partial charge in [-0.15, -0.1) is 11.3 Å². The van der Waals surface area contributed by atoms with Crippen molar-refractivity contribution in [3.63, 3.8) is 0 Å². The molecule has 0 amide bonds. The highest BCUT2D eigenvalue weighted by Crippen LogP contribution is 2.14. The molecule has 60 valence electrons. The van der Waals surface area contributed by atoms with Gasteiger partial charge in [-0.05, 0) is 19.1 Å². The molecule has 0 aromatic carbocycles. The summed E-state index contributed by atoms with van der Waals surface area (Å²) in [5.74, 6) is 5.99. The second kappa shape index (κ2) is 3.50. The van der Waals surface area contributed by atoms with Crippen LogP contribution in [0.1, 0.15) is 9.75 Å². The molecule has 1 aromatic heterocycles. The molecule has 3 N–H and O–H groups in total. The van der Waals surface area contributed by atoms with E-state index >= 15 is 0 Å². The number of nitrogens with one attached hydrogen (secondary N) is 1. The van der Waals surface area contributed by atoms with Crippen molar-refractivity contribution in [3.8, 4) is 0 Å². The first-order chi connectivity index (χ1) is 5.27. The maximum Gasteiger partial charge on any atom is 0.152 e. The van der Waals surface area contributed by atoms with Gasteiger partial charge in [-0.3, -0.25) is 4.99 Å². The summed E-state index contributed by atoms with van der Waals surface area (Å²) >= 11 is 1.67. The van der Waals surface area contributed by atoms with Crippen LogP contribution in [0.25, 0.3) is 0 Å². The second-order valence-corrected chi connectivity index (χ2v) is 3.41. The van der Waals surface area contributed by atoms with Crippen molar-refractivity contribution in [2.24, 2.45) is 10.8 Å². The Bertz CT molecular complexity index is 264. The van der Waals surface area contributed by atoms with E-state index in [1.54, 1.807) is 18.4 Å². The fourth-order valence-electron chi connectivity index (χ4n) is 0.808. The van der Waals surface area contributed by atoms with Gasteiger partial charge >= 0.3 is 0 Å². The van der Waals surface area contributed by atoms with E-state index in [9.17, 15) is 0 Å². The third kappa shape index (κ3) is 1.78. The summed E-state index contributed by atoms with van der Waals surface area (Å²) in [6.07, 6.45) is 0. The number of aliphatic imine (C=N–C) groups is 1. The molecular weight excluding hydrogens is 158 g/mol. The van der Waals surface area contributed by atoms with Gasteiger partial charge in [-0.1, -0.05) is 0 Å². The lowest BCUT2D eigenvalue weighted by Crippen LogP contribution is -2.30. The number of nitrogens with two attached hydrogens (primary N) is 1. The molecule has 0 aliphatic carbocycles. The zero-order valence-electron chi connectivity index (χ0n) is 6.59. The van der Waals surface area contributed by atoms with E-state index < -0.39 is 0 Å². The number of nitrogens with zero attached hydrogens (tertiary/aromatic N) is 1. The second-order valence-electron chi connectivity index (χ2n) is 2.13. The van der Waals surface area contributed by atoms with Crippen molar-refractivity contribution in [2.45, 2.75) is 6.92 Å². The molecule has 1 aromatic rings. The molecule has 0 aliphatic heterocycles. The minimum absolute atomic E-state index is 0.739. The molecular formula is C7H11N3S. The minimum Gasteiger partial charge on any atom is -0.308 e. The van der Waals surface area contributed by atoms with Crippen LogP contribution in [-0.2, 0) is 0 Å². The highest BCUT2D eigenvalue weighted by Gasteiger charge is 2.01. The summed E-state index contributed by atoms with van der Waals surface area (Å²) in [6.45, 7) is 2.05. The fourth-order valence-corrected chi connectivity index (χ4v) is 1.67. The van der Waals surface area contributed by atoms with Crippen LogP contribution in [0.2, 0.25) is 0 Å². The van der Waals surface area contributed by atoms with E-state index in [0.29, 0.717) is 0 Å². The Morgan fingerprint density at radius 2 is 2.36 bits per heavy atom. The summed E-state index contributed by atoms with van der Waals surface area (Å²) in [5.41, 5.74) is 2.54. The molecule has 0 radical (unpaired) electrons. The molecule has 11 heavy (non-hydrogen) atoms. The van der Waals surface area contributed by atoms with Crippen LogP contribution in [0.3, 0.4) is 0 Å². The topological polar surface area (TPSA) is 50.4 Å². The maximum absolute atomic E-state index is 5.25. The van der Waals surface area contributed by atoms with E-state index in [4.69, 9.17) is 5.84 Å². The Labute approximate surface area is 69.9 Å². The lowest BCUT2D eigenvalue weighted by atomic mass is 10.4. The molecule has 0 bridgehead atoms.